The molecule has 7 nitrogen and oxygen atoms in total. The number of carbonyl (C=O) groups excluding carboxylic acids is 1. The minimum Gasteiger partial charge on any atom is -0.455 e. The van der Waals surface area contributed by atoms with E-state index < -0.39 is 17.5 Å². The summed E-state index contributed by atoms with van der Waals surface area (Å²) in [5, 5.41) is 5.23. The first-order valence-corrected chi connectivity index (χ1v) is 10.00. The summed E-state index contributed by atoms with van der Waals surface area (Å²) in [7, 11) is 0. The van der Waals surface area contributed by atoms with E-state index in [-0.39, 0.29) is 6.29 Å². The van der Waals surface area contributed by atoms with Gasteiger partial charge in [0.15, 0.2) is 12.4 Å². The molecule has 1 aliphatic rings. The molecule has 156 valence electrons. The number of hydrogen-bond donors (Lipinski definition) is 0. The fraction of sp³-hybridized carbons (Fsp3) is 0.450. The minimum absolute atomic E-state index is 0.273. The molecule has 0 saturated carbocycles. The van der Waals surface area contributed by atoms with Crippen molar-refractivity contribution in [2.45, 2.75) is 39.6 Å². The van der Waals surface area contributed by atoms with Gasteiger partial charge in [-0.2, -0.15) is 5.10 Å². The van der Waals surface area contributed by atoms with Crippen LogP contribution in [0.25, 0.3) is 11.8 Å². The molecule has 0 N–H and O–H groups in total. The van der Waals surface area contributed by atoms with E-state index in [0.717, 1.165) is 6.42 Å². The zero-order valence-electron chi connectivity index (χ0n) is 16.5. The SMILES string of the molecule is CCC1OCC(C)(C(OC(C)=O)/C(=C/c2ccc(Cl)cc2Cl)n2cncn2)CO1. The zero-order valence-corrected chi connectivity index (χ0v) is 18.0. The summed E-state index contributed by atoms with van der Waals surface area (Å²) in [6, 6.07) is 5.17. The minimum atomic E-state index is -0.716. The molecule has 2 heterocycles. The highest BCUT2D eigenvalue weighted by atomic mass is 35.5. The highest BCUT2D eigenvalue weighted by molar-refractivity contribution is 6.35. The number of aromatic nitrogens is 3. The molecule has 3 rings (SSSR count). The summed E-state index contributed by atoms with van der Waals surface area (Å²) in [6.07, 6.45) is 4.50. The third-order valence-corrected chi connectivity index (χ3v) is 5.23. The number of hydrogen-bond acceptors (Lipinski definition) is 6. The van der Waals surface area contributed by atoms with Crippen molar-refractivity contribution in [1.29, 1.82) is 0 Å². The van der Waals surface area contributed by atoms with Crippen molar-refractivity contribution in [2.75, 3.05) is 13.2 Å². The molecule has 1 aliphatic heterocycles. The number of esters is 1. The predicted molar refractivity (Wildman–Crippen MR) is 110 cm³/mol. The first-order chi connectivity index (χ1) is 13.8. The highest BCUT2D eigenvalue weighted by Crippen LogP contribution is 2.37. The van der Waals surface area contributed by atoms with Crippen LogP contribution in [0.15, 0.2) is 30.9 Å². The third kappa shape index (κ3) is 5.17. The lowest BCUT2D eigenvalue weighted by molar-refractivity contribution is -0.242. The highest BCUT2D eigenvalue weighted by Gasteiger charge is 2.44. The Morgan fingerprint density at radius 1 is 1.41 bits per heavy atom. The Bertz CT molecular complexity index is 878. The van der Waals surface area contributed by atoms with Crippen molar-refractivity contribution in [3.63, 3.8) is 0 Å². The van der Waals surface area contributed by atoms with Gasteiger partial charge in [-0.15, -0.1) is 0 Å². The Labute approximate surface area is 179 Å². The van der Waals surface area contributed by atoms with E-state index in [9.17, 15) is 4.79 Å². The number of ether oxygens (including phenoxy) is 3. The summed E-state index contributed by atoms with van der Waals surface area (Å²) in [5.74, 6) is -0.429. The largest absolute Gasteiger partial charge is 0.455 e. The summed E-state index contributed by atoms with van der Waals surface area (Å²) in [4.78, 5) is 16.0. The van der Waals surface area contributed by atoms with E-state index >= 15 is 0 Å². The molecule has 1 unspecified atom stereocenters. The maximum absolute atomic E-state index is 12.0. The third-order valence-electron chi connectivity index (χ3n) is 4.67. The molecule has 1 aromatic heterocycles. The van der Waals surface area contributed by atoms with Crippen LogP contribution in [-0.4, -0.2) is 46.3 Å². The fourth-order valence-corrected chi connectivity index (χ4v) is 3.61. The van der Waals surface area contributed by atoms with E-state index in [1.54, 1.807) is 29.0 Å². The van der Waals surface area contributed by atoms with Crippen LogP contribution in [0.3, 0.4) is 0 Å². The average Bonchev–Trinajstić information content (AvgIpc) is 3.21. The van der Waals surface area contributed by atoms with E-state index in [1.165, 1.54) is 19.6 Å². The van der Waals surface area contributed by atoms with Crippen LogP contribution in [0.1, 0.15) is 32.8 Å². The molecule has 0 bridgehead atoms. The maximum Gasteiger partial charge on any atom is 0.303 e. The van der Waals surface area contributed by atoms with Gasteiger partial charge in [-0.3, -0.25) is 4.79 Å². The summed E-state index contributed by atoms with van der Waals surface area (Å²) in [6.45, 7) is 6.00. The second-order valence-corrected chi connectivity index (χ2v) is 8.02. The Hall–Kier alpha value is -1.93. The molecule has 2 aromatic rings. The van der Waals surface area contributed by atoms with Crippen molar-refractivity contribution in [3.8, 4) is 0 Å². The van der Waals surface area contributed by atoms with Crippen LogP contribution >= 0.6 is 23.2 Å². The van der Waals surface area contributed by atoms with E-state index in [2.05, 4.69) is 10.1 Å². The molecule has 0 radical (unpaired) electrons. The standard InChI is InChI=1S/C20H23Cl2N3O4/c1-4-18-27-9-20(3,10-28-18)19(29-13(2)26)17(25-12-23-11-24-25)7-14-5-6-15(21)8-16(14)22/h5-8,11-12,18-19H,4,9-10H2,1-3H3/b17-7-. The predicted octanol–water partition coefficient (Wildman–Crippen LogP) is 4.30. The van der Waals surface area contributed by atoms with Gasteiger partial charge < -0.3 is 14.2 Å². The lowest BCUT2D eigenvalue weighted by atomic mass is 9.82. The lowest BCUT2D eigenvalue weighted by Gasteiger charge is -2.42. The van der Waals surface area contributed by atoms with E-state index in [1.807, 2.05) is 13.8 Å². The topological polar surface area (TPSA) is 75.5 Å². The van der Waals surface area contributed by atoms with Crippen LogP contribution in [0, 0.1) is 5.41 Å². The summed E-state index contributed by atoms with van der Waals surface area (Å²) in [5.41, 5.74) is 0.631. The van der Waals surface area contributed by atoms with Crippen molar-refractivity contribution in [3.05, 3.63) is 46.5 Å². The van der Waals surface area contributed by atoms with Gasteiger partial charge in [-0.05, 0) is 30.2 Å². The number of nitrogens with zero attached hydrogens (tertiary/aromatic N) is 3. The molecule has 1 saturated heterocycles. The summed E-state index contributed by atoms with van der Waals surface area (Å²) < 4.78 is 19.0. The molecular formula is C20H23Cl2N3O4. The number of benzene rings is 1. The van der Waals surface area contributed by atoms with E-state index in [4.69, 9.17) is 37.4 Å². The van der Waals surface area contributed by atoms with Crippen LogP contribution in [-0.2, 0) is 19.0 Å². The molecule has 29 heavy (non-hydrogen) atoms. The quantitative estimate of drug-likeness (QED) is 0.624. The monoisotopic (exact) mass is 439 g/mol. The number of halogens is 2. The summed E-state index contributed by atoms with van der Waals surface area (Å²) >= 11 is 12.4. The van der Waals surface area contributed by atoms with Gasteiger partial charge in [-0.25, -0.2) is 9.67 Å². The van der Waals surface area contributed by atoms with Crippen LogP contribution < -0.4 is 0 Å². The Morgan fingerprint density at radius 2 is 2.14 bits per heavy atom. The Balaban J connectivity index is 2.07. The van der Waals surface area contributed by atoms with Crippen LogP contribution in [0.4, 0.5) is 0 Å². The van der Waals surface area contributed by atoms with E-state index in [0.29, 0.717) is 34.5 Å². The molecule has 1 fully saturated rings. The maximum atomic E-state index is 12.0. The van der Waals surface area contributed by atoms with Gasteiger partial charge in [0.25, 0.3) is 0 Å². The van der Waals surface area contributed by atoms with Crippen molar-refractivity contribution in [2.24, 2.45) is 5.41 Å². The Kier molecular flexibility index (Phi) is 6.95. The van der Waals surface area contributed by atoms with Gasteiger partial charge in [0.1, 0.15) is 12.7 Å². The van der Waals surface area contributed by atoms with Crippen LogP contribution in [0.2, 0.25) is 10.0 Å². The van der Waals surface area contributed by atoms with Crippen LogP contribution in [0.5, 0.6) is 0 Å². The number of carbonyl (C=O) groups is 1. The molecule has 1 atom stereocenters. The Morgan fingerprint density at radius 3 is 2.69 bits per heavy atom. The fourth-order valence-electron chi connectivity index (χ4n) is 3.15. The molecule has 0 spiro atoms. The lowest BCUT2D eigenvalue weighted by Crippen LogP contribution is -2.49. The van der Waals surface area contributed by atoms with Gasteiger partial charge in [0, 0.05) is 17.0 Å². The first-order valence-electron chi connectivity index (χ1n) is 9.24. The van der Waals surface area contributed by atoms with Gasteiger partial charge in [0.05, 0.1) is 24.3 Å². The van der Waals surface area contributed by atoms with Crippen molar-refractivity contribution >= 4 is 40.9 Å². The average molecular weight is 440 g/mol. The zero-order chi connectivity index (χ0) is 21.0. The smallest absolute Gasteiger partial charge is 0.303 e. The molecule has 0 amide bonds. The molecule has 1 aromatic carbocycles. The van der Waals surface area contributed by atoms with Crippen molar-refractivity contribution in [1.82, 2.24) is 14.8 Å². The second kappa shape index (κ2) is 9.26. The van der Waals surface area contributed by atoms with Gasteiger partial charge in [0.2, 0.25) is 0 Å². The van der Waals surface area contributed by atoms with Crippen molar-refractivity contribution < 1.29 is 19.0 Å². The second-order valence-electron chi connectivity index (χ2n) is 7.18. The molecule has 9 heteroatoms. The first kappa shape index (κ1) is 21.8. The normalized spacial score (nSPS) is 23.6. The molecular weight excluding hydrogens is 417 g/mol. The number of rotatable bonds is 6. The van der Waals surface area contributed by atoms with Gasteiger partial charge in [-0.1, -0.05) is 43.1 Å². The van der Waals surface area contributed by atoms with Gasteiger partial charge >= 0.3 is 5.97 Å². The molecule has 0 aliphatic carbocycles.